The zero-order chi connectivity index (χ0) is 20.8. The molecule has 0 radical (unpaired) electrons. The summed E-state index contributed by atoms with van der Waals surface area (Å²) in [5, 5.41) is 11.5. The van der Waals surface area contributed by atoms with E-state index >= 15 is 0 Å². The van der Waals surface area contributed by atoms with E-state index in [-0.39, 0.29) is 18.1 Å². The first kappa shape index (κ1) is 20.5. The average Bonchev–Trinajstić information content (AvgIpc) is 3.51. The highest BCUT2D eigenvalue weighted by Gasteiger charge is 2.23. The maximum absolute atomic E-state index is 12.2. The number of carbonyl (C=O) groups excluding carboxylic acids is 2. The molecule has 4 N–H and O–H groups in total. The maximum Gasteiger partial charge on any atom is 0.319 e. The Kier molecular flexibility index (Phi) is 6.59. The van der Waals surface area contributed by atoms with E-state index in [0.29, 0.717) is 12.6 Å². The topological polar surface area (TPSA) is 85.5 Å². The van der Waals surface area contributed by atoms with Crippen molar-refractivity contribution in [1.82, 2.24) is 16.0 Å². The van der Waals surface area contributed by atoms with Crippen LogP contribution in [0.4, 0.5) is 21.0 Å². The molecule has 154 valence electrons. The molecule has 1 aliphatic carbocycles. The third-order valence-corrected chi connectivity index (χ3v) is 4.83. The maximum atomic E-state index is 12.2. The molecule has 29 heavy (non-hydrogen) atoms. The predicted octanol–water partition coefficient (Wildman–Crippen LogP) is 3.60. The van der Waals surface area contributed by atoms with Crippen LogP contribution in [-0.4, -0.2) is 32.2 Å². The first-order valence-corrected chi connectivity index (χ1v) is 9.89. The molecule has 1 unspecified atom stereocenters. The Labute approximate surface area is 171 Å². The first-order chi connectivity index (χ1) is 13.9. The Balaban J connectivity index is 1.44. The lowest BCUT2D eigenvalue weighted by atomic mass is 10.1. The third kappa shape index (κ3) is 6.41. The molecule has 1 atom stereocenters. The van der Waals surface area contributed by atoms with E-state index in [2.05, 4.69) is 21.3 Å². The normalized spacial score (nSPS) is 13.9. The number of hydrogen-bond donors (Lipinski definition) is 4. The van der Waals surface area contributed by atoms with Crippen molar-refractivity contribution in [1.29, 1.82) is 0 Å². The first-order valence-electron chi connectivity index (χ1n) is 9.89. The van der Waals surface area contributed by atoms with Gasteiger partial charge in [0.05, 0.1) is 6.04 Å². The van der Waals surface area contributed by atoms with Gasteiger partial charge in [0.2, 0.25) is 0 Å². The van der Waals surface area contributed by atoms with Gasteiger partial charge in [-0.05, 0) is 55.2 Å². The molecule has 2 aromatic carbocycles. The number of amides is 4. The zero-order valence-electron chi connectivity index (χ0n) is 17.2. The molecule has 4 amide bonds. The highest BCUT2D eigenvalue weighted by molar-refractivity contribution is 5.89. The number of carbonyl (C=O) groups is 2. The van der Waals surface area contributed by atoms with Crippen molar-refractivity contribution in [2.24, 2.45) is 0 Å². The Bertz CT molecular complexity index is 829. The number of benzene rings is 2. The summed E-state index contributed by atoms with van der Waals surface area (Å²) in [6.07, 6.45) is 2.11. The lowest BCUT2D eigenvalue weighted by molar-refractivity contribution is 0.237. The van der Waals surface area contributed by atoms with Crippen molar-refractivity contribution in [3.05, 3.63) is 59.7 Å². The number of hydrogen-bond acceptors (Lipinski definition) is 3. The second kappa shape index (κ2) is 9.32. The van der Waals surface area contributed by atoms with E-state index in [1.807, 2.05) is 74.4 Å². The number of nitrogens with zero attached hydrogens (tertiary/aromatic N) is 1. The smallest absolute Gasteiger partial charge is 0.319 e. The summed E-state index contributed by atoms with van der Waals surface area (Å²) >= 11 is 0. The van der Waals surface area contributed by atoms with Gasteiger partial charge in [0, 0.05) is 38.1 Å². The van der Waals surface area contributed by atoms with Crippen molar-refractivity contribution in [3.63, 3.8) is 0 Å². The standard InChI is InChI=1S/C22H29N5O2/c1-15(17-6-8-18(9-7-17)25-22(29)26-19-10-11-19)24-21(28)23-14-16-4-12-20(13-5-16)27(2)3/h4-9,12-13,15,19H,10-11,14H2,1-3H3,(H2,23,24,28)(H2,25,26,29). The van der Waals surface area contributed by atoms with Crippen LogP contribution in [-0.2, 0) is 6.54 Å². The van der Waals surface area contributed by atoms with Gasteiger partial charge < -0.3 is 26.2 Å². The van der Waals surface area contributed by atoms with Gasteiger partial charge in [-0.15, -0.1) is 0 Å². The number of anilines is 2. The van der Waals surface area contributed by atoms with Crippen LogP contribution >= 0.6 is 0 Å². The molecule has 0 aliphatic heterocycles. The Morgan fingerprint density at radius 1 is 1.00 bits per heavy atom. The fraction of sp³-hybridized carbons (Fsp3) is 0.364. The van der Waals surface area contributed by atoms with Crippen LogP contribution in [0.25, 0.3) is 0 Å². The van der Waals surface area contributed by atoms with Crippen molar-refractivity contribution in [3.8, 4) is 0 Å². The van der Waals surface area contributed by atoms with Gasteiger partial charge in [-0.3, -0.25) is 0 Å². The third-order valence-electron chi connectivity index (χ3n) is 4.83. The molecule has 1 saturated carbocycles. The van der Waals surface area contributed by atoms with Gasteiger partial charge in [-0.2, -0.15) is 0 Å². The van der Waals surface area contributed by atoms with Crippen molar-refractivity contribution in [2.45, 2.75) is 38.4 Å². The minimum absolute atomic E-state index is 0.152. The predicted molar refractivity (Wildman–Crippen MR) is 116 cm³/mol. The van der Waals surface area contributed by atoms with Gasteiger partial charge in [0.25, 0.3) is 0 Å². The van der Waals surface area contributed by atoms with Crippen LogP contribution in [0.2, 0.25) is 0 Å². The number of rotatable bonds is 7. The minimum Gasteiger partial charge on any atom is -0.378 e. The van der Waals surface area contributed by atoms with Gasteiger partial charge in [-0.25, -0.2) is 9.59 Å². The molecule has 7 nitrogen and oxygen atoms in total. The lowest BCUT2D eigenvalue weighted by Crippen LogP contribution is -2.36. The van der Waals surface area contributed by atoms with E-state index in [1.54, 1.807) is 0 Å². The zero-order valence-corrected chi connectivity index (χ0v) is 17.2. The van der Waals surface area contributed by atoms with Gasteiger partial charge in [-0.1, -0.05) is 24.3 Å². The number of nitrogens with one attached hydrogen (secondary N) is 4. The molecule has 0 aromatic heterocycles. The molecule has 2 aromatic rings. The second-order valence-electron chi connectivity index (χ2n) is 7.60. The summed E-state index contributed by atoms with van der Waals surface area (Å²) in [4.78, 5) is 26.0. The van der Waals surface area contributed by atoms with E-state index < -0.39 is 0 Å². The van der Waals surface area contributed by atoms with Crippen molar-refractivity contribution >= 4 is 23.4 Å². The van der Waals surface area contributed by atoms with Crippen molar-refractivity contribution < 1.29 is 9.59 Å². The van der Waals surface area contributed by atoms with Crippen LogP contribution in [0.3, 0.4) is 0 Å². The summed E-state index contributed by atoms with van der Waals surface area (Å²) in [7, 11) is 3.99. The van der Waals surface area contributed by atoms with Crippen molar-refractivity contribution in [2.75, 3.05) is 24.3 Å². The molecule has 0 spiro atoms. The molecule has 0 heterocycles. The SMILES string of the molecule is CC(NC(=O)NCc1ccc(N(C)C)cc1)c1ccc(NC(=O)NC2CC2)cc1. The summed E-state index contributed by atoms with van der Waals surface area (Å²) in [5.41, 5.74) is 3.85. The number of urea groups is 2. The second-order valence-corrected chi connectivity index (χ2v) is 7.60. The van der Waals surface area contributed by atoms with Crippen LogP contribution in [0.15, 0.2) is 48.5 Å². The largest absolute Gasteiger partial charge is 0.378 e. The van der Waals surface area contributed by atoms with Crippen LogP contribution in [0, 0.1) is 0 Å². The van der Waals surface area contributed by atoms with Crippen LogP contribution < -0.4 is 26.2 Å². The van der Waals surface area contributed by atoms with E-state index in [0.717, 1.165) is 35.3 Å². The van der Waals surface area contributed by atoms with E-state index in [4.69, 9.17) is 0 Å². The van der Waals surface area contributed by atoms with Crippen LogP contribution in [0.5, 0.6) is 0 Å². The fourth-order valence-corrected chi connectivity index (χ4v) is 2.86. The molecule has 3 rings (SSSR count). The lowest BCUT2D eigenvalue weighted by Gasteiger charge is -2.16. The Hall–Kier alpha value is -3.22. The summed E-state index contributed by atoms with van der Waals surface area (Å²) < 4.78 is 0. The Morgan fingerprint density at radius 3 is 2.24 bits per heavy atom. The molecule has 1 aliphatic rings. The van der Waals surface area contributed by atoms with Gasteiger partial charge >= 0.3 is 12.1 Å². The van der Waals surface area contributed by atoms with E-state index in [9.17, 15) is 9.59 Å². The molecular formula is C22H29N5O2. The molecule has 0 bridgehead atoms. The Morgan fingerprint density at radius 2 is 1.66 bits per heavy atom. The quantitative estimate of drug-likeness (QED) is 0.578. The van der Waals surface area contributed by atoms with E-state index in [1.165, 1.54) is 0 Å². The summed E-state index contributed by atoms with van der Waals surface area (Å²) in [5.74, 6) is 0. The molecular weight excluding hydrogens is 366 g/mol. The fourth-order valence-electron chi connectivity index (χ4n) is 2.86. The minimum atomic E-state index is -0.222. The van der Waals surface area contributed by atoms with Crippen LogP contribution in [0.1, 0.15) is 36.9 Å². The highest BCUT2D eigenvalue weighted by Crippen LogP contribution is 2.19. The monoisotopic (exact) mass is 395 g/mol. The molecule has 7 heteroatoms. The molecule has 1 fully saturated rings. The van der Waals surface area contributed by atoms with Gasteiger partial charge in [0.1, 0.15) is 0 Å². The average molecular weight is 396 g/mol. The summed E-state index contributed by atoms with van der Waals surface area (Å²) in [6.45, 7) is 2.39. The van der Waals surface area contributed by atoms with Gasteiger partial charge in [0.15, 0.2) is 0 Å². The molecule has 0 saturated heterocycles. The highest BCUT2D eigenvalue weighted by atomic mass is 16.2. The summed E-state index contributed by atoms with van der Waals surface area (Å²) in [6, 6.07) is 15.3.